The third-order valence-electron chi connectivity index (χ3n) is 3.97. The molecule has 6 nitrogen and oxygen atoms in total. The SMILES string of the molecule is Cc1ccc(NC(=O)NCCCn2c(C(F)(F)F)nc3cccnc32)c(Cl)c1. The van der Waals surface area contributed by atoms with Crippen LogP contribution in [0.2, 0.25) is 5.02 Å². The van der Waals surface area contributed by atoms with Gasteiger partial charge in [-0.05, 0) is 43.2 Å². The fraction of sp³-hybridized carbons (Fsp3) is 0.278. The van der Waals surface area contributed by atoms with Crippen LogP contribution in [0.25, 0.3) is 11.2 Å². The Kier molecular flexibility index (Phi) is 5.73. The third-order valence-corrected chi connectivity index (χ3v) is 4.29. The summed E-state index contributed by atoms with van der Waals surface area (Å²) in [5.74, 6) is -1.00. The Morgan fingerprint density at radius 1 is 1.29 bits per heavy atom. The van der Waals surface area contributed by atoms with E-state index < -0.39 is 18.0 Å². The molecule has 2 heterocycles. The normalized spacial score (nSPS) is 11.6. The molecule has 3 rings (SSSR count). The number of carbonyl (C=O) groups excluding carboxylic acids is 1. The zero-order chi connectivity index (χ0) is 20.3. The summed E-state index contributed by atoms with van der Waals surface area (Å²) in [5, 5.41) is 5.60. The lowest BCUT2D eigenvalue weighted by Crippen LogP contribution is -2.30. The first-order valence-corrected chi connectivity index (χ1v) is 8.83. The standard InChI is InChI=1S/C18H17ClF3N5O/c1-11-5-6-13(12(19)10-11)26-17(28)24-8-3-9-27-15-14(4-2-7-23-15)25-16(27)18(20,21)22/h2,4-7,10H,3,8-9H2,1H3,(H2,24,26,28). The molecule has 10 heteroatoms. The highest BCUT2D eigenvalue weighted by Gasteiger charge is 2.37. The first-order valence-electron chi connectivity index (χ1n) is 8.45. The zero-order valence-corrected chi connectivity index (χ0v) is 15.6. The van der Waals surface area contributed by atoms with Gasteiger partial charge in [0.2, 0.25) is 5.82 Å². The molecule has 2 aromatic heterocycles. The maximum absolute atomic E-state index is 13.2. The molecule has 0 spiro atoms. The van der Waals surface area contributed by atoms with E-state index in [1.165, 1.54) is 18.3 Å². The molecule has 0 saturated heterocycles. The summed E-state index contributed by atoms with van der Waals surface area (Å²) >= 11 is 6.05. The molecule has 148 valence electrons. The number of aryl methyl sites for hydroxylation is 2. The van der Waals surface area contributed by atoms with E-state index in [9.17, 15) is 18.0 Å². The molecular weight excluding hydrogens is 395 g/mol. The number of fused-ring (bicyclic) bond motifs is 1. The average molecular weight is 412 g/mol. The summed E-state index contributed by atoms with van der Waals surface area (Å²) in [6.07, 6.45) is -2.91. The van der Waals surface area contributed by atoms with Crippen LogP contribution in [0.5, 0.6) is 0 Å². The van der Waals surface area contributed by atoms with Gasteiger partial charge in [-0.2, -0.15) is 13.2 Å². The summed E-state index contributed by atoms with van der Waals surface area (Å²) in [7, 11) is 0. The number of aromatic nitrogens is 3. The third kappa shape index (κ3) is 4.53. The molecule has 0 aliphatic heterocycles. The maximum atomic E-state index is 13.2. The highest BCUT2D eigenvalue weighted by Crippen LogP contribution is 2.31. The molecular formula is C18H17ClF3N5O. The van der Waals surface area contributed by atoms with Gasteiger partial charge >= 0.3 is 12.2 Å². The number of anilines is 1. The fourth-order valence-corrected chi connectivity index (χ4v) is 3.00. The molecule has 2 amide bonds. The quantitative estimate of drug-likeness (QED) is 0.601. The number of halogens is 4. The summed E-state index contributed by atoms with van der Waals surface area (Å²) in [6, 6.07) is 7.71. The maximum Gasteiger partial charge on any atom is 0.449 e. The lowest BCUT2D eigenvalue weighted by molar-refractivity contribution is -0.147. The number of hydrogen-bond acceptors (Lipinski definition) is 3. The summed E-state index contributed by atoms with van der Waals surface area (Å²) < 4.78 is 40.7. The predicted molar refractivity (Wildman–Crippen MR) is 100 cm³/mol. The Hall–Kier alpha value is -2.81. The van der Waals surface area contributed by atoms with Gasteiger partial charge in [-0.15, -0.1) is 0 Å². The van der Waals surface area contributed by atoms with Crippen molar-refractivity contribution in [3.8, 4) is 0 Å². The van der Waals surface area contributed by atoms with Crippen LogP contribution in [-0.2, 0) is 12.7 Å². The Labute approximate surface area is 163 Å². The lowest BCUT2D eigenvalue weighted by atomic mass is 10.2. The summed E-state index contributed by atoms with van der Waals surface area (Å²) in [4.78, 5) is 19.6. The lowest BCUT2D eigenvalue weighted by Gasteiger charge is -2.12. The minimum absolute atomic E-state index is 0.00786. The number of hydrogen-bond donors (Lipinski definition) is 2. The Morgan fingerprint density at radius 3 is 2.79 bits per heavy atom. The van der Waals surface area contributed by atoms with Gasteiger partial charge < -0.3 is 15.2 Å². The number of alkyl halides is 3. The predicted octanol–water partition coefficient (Wildman–Crippen LogP) is 4.62. The van der Waals surface area contributed by atoms with Crippen molar-refractivity contribution in [3.05, 3.63) is 52.9 Å². The highest BCUT2D eigenvalue weighted by molar-refractivity contribution is 6.33. The van der Waals surface area contributed by atoms with Gasteiger partial charge in [-0.1, -0.05) is 17.7 Å². The Bertz CT molecular complexity index is 1000. The molecule has 28 heavy (non-hydrogen) atoms. The van der Waals surface area contributed by atoms with Crippen LogP contribution in [0.3, 0.4) is 0 Å². The van der Waals surface area contributed by atoms with Gasteiger partial charge in [0.15, 0.2) is 5.65 Å². The first-order chi connectivity index (χ1) is 13.3. The minimum Gasteiger partial charge on any atom is -0.338 e. The molecule has 0 atom stereocenters. The molecule has 0 fully saturated rings. The van der Waals surface area contributed by atoms with Crippen molar-refractivity contribution in [2.24, 2.45) is 0 Å². The van der Waals surface area contributed by atoms with Gasteiger partial charge in [0, 0.05) is 19.3 Å². The second-order valence-electron chi connectivity index (χ2n) is 6.15. The van der Waals surface area contributed by atoms with Crippen molar-refractivity contribution in [3.63, 3.8) is 0 Å². The number of rotatable bonds is 5. The number of benzene rings is 1. The smallest absolute Gasteiger partial charge is 0.338 e. The second-order valence-corrected chi connectivity index (χ2v) is 6.56. The van der Waals surface area contributed by atoms with Crippen LogP contribution >= 0.6 is 11.6 Å². The highest BCUT2D eigenvalue weighted by atomic mass is 35.5. The monoisotopic (exact) mass is 411 g/mol. The number of pyridine rings is 1. The molecule has 0 unspecified atom stereocenters. The van der Waals surface area contributed by atoms with Crippen LogP contribution in [0.1, 0.15) is 17.8 Å². The van der Waals surface area contributed by atoms with Gasteiger partial charge in [0.05, 0.1) is 10.7 Å². The largest absolute Gasteiger partial charge is 0.449 e. The molecule has 0 aliphatic carbocycles. The van der Waals surface area contributed by atoms with Crippen LogP contribution in [0.4, 0.5) is 23.7 Å². The molecule has 3 aromatic rings. The van der Waals surface area contributed by atoms with Crippen LogP contribution in [0, 0.1) is 6.92 Å². The molecule has 0 bridgehead atoms. The van der Waals surface area contributed by atoms with Crippen molar-refractivity contribution in [1.82, 2.24) is 19.9 Å². The number of amides is 2. The molecule has 2 N–H and O–H groups in total. The summed E-state index contributed by atoms with van der Waals surface area (Å²) in [6.45, 7) is 2.05. The van der Waals surface area contributed by atoms with E-state index in [0.717, 1.165) is 10.1 Å². The molecule has 0 saturated carbocycles. The Balaban J connectivity index is 1.60. The zero-order valence-electron chi connectivity index (χ0n) is 14.8. The Morgan fingerprint density at radius 2 is 2.07 bits per heavy atom. The number of carbonyl (C=O) groups is 1. The van der Waals surface area contributed by atoms with Crippen LogP contribution in [-0.4, -0.2) is 27.1 Å². The van der Waals surface area contributed by atoms with Gasteiger partial charge in [0.1, 0.15) is 5.52 Å². The van der Waals surface area contributed by atoms with E-state index in [2.05, 4.69) is 20.6 Å². The van der Waals surface area contributed by atoms with E-state index in [-0.39, 0.29) is 30.7 Å². The van der Waals surface area contributed by atoms with Crippen molar-refractivity contribution >= 4 is 34.5 Å². The van der Waals surface area contributed by atoms with Crippen molar-refractivity contribution < 1.29 is 18.0 Å². The van der Waals surface area contributed by atoms with E-state index in [0.29, 0.717) is 10.7 Å². The van der Waals surface area contributed by atoms with Crippen molar-refractivity contribution in [2.45, 2.75) is 26.1 Å². The van der Waals surface area contributed by atoms with E-state index in [4.69, 9.17) is 11.6 Å². The fourth-order valence-electron chi connectivity index (χ4n) is 2.71. The molecule has 0 radical (unpaired) electrons. The van der Waals surface area contributed by atoms with Gasteiger partial charge in [-0.25, -0.2) is 14.8 Å². The number of urea groups is 1. The molecule has 1 aromatic carbocycles. The number of imidazole rings is 1. The number of nitrogens with one attached hydrogen (secondary N) is 2. The minimum atomic E-state index is -4.59. The summed E-state index contributed by atoms with van der Waals surface area (Å²) in [5.41, 5.74) is 1.74. The topological polar surface area (TPSA) is 71.8 Å². The van der Waals surface area contributed by atoms with Gasteiger partial charge in [0.25, 0.3) is 0 Å². The first kappa shape index (κ1) is 19.9. The number of nitrogens with zero attached hydrogens (tertiary/aromatic N) is 3. The van der Waals surface area contributed by atoms with Crippen LogP contribution < -0.4 is 10.6 Å². The van der Waals surface area contributed by atoms with Crippen molar-refractivity contribution in [2.75, 3.05) is 11.9 Å². The van der Waals surface area contributed by atoms with Crippen LogP contribution in [0.15, 0.2) is 36.5 Å². The second kappa shape index (κ2) is 8.05. The van der Waals surface area contributed by atoms with Crippen molar-refractivity contribution in [1.29, 1.82) is 0 Å². The van der Waals surface area contributed by atoms with E-state index in [1.807, 2.05) is 6.92 Å². The van der Waals surface area contributed by atoms with E-state index >= 15 is 0 Å². The van der Waals surface area contributed by atoms with Gasteiger partial charge in [-0.3, -0.25) is 0 Å². The van der Waals surface area contributed by atoms with E-state index in [1.54, 1.807) is 18.2 Å². The average Bonchev–Trinajstić information content (AvgIpc) is 3.00. The molecule has 0 aliphatic rings.